The van der Waals surface area contributed by atoms with E-state index >= 15 is 0 Å². The van der Waals surface area contributed by atoms with Crippen LogP contribution in [-0.4, -0.2) is 12.6 Å². The molecule has 0 saturated heterocycles. The summed E-state index contributed by atoms with van der Waals surface area (Å²) in [6, 6.07) is 9.81. The van der Waals surface area contributed by atoms with Gasteiger partial charge in [0.1, 0.15) is 0 Å². The zero-order valence-corrected chi connectivity index (χ0v) is 13.4. The molecule has 5 atom stereocenters. The van der Waals surface area contributed by atoms with E-state index < -0.39 is 0 Å². The predicted octanol–water partition coefficient (Wildman–Crippen LogP) is 4.52. The van der Waals surface area contributed by atoms with E-state index in [1.54, 1.807) is 17.5 Å². The van der Waals surface area contributed by atoms with Crippen LogP contribution < -0.4 is 5.32 Å². The van der Waals surface area contributed by atoms with Crippen molar-refractivity contribution in [3.05, 3.63) is 35.4 Å². The zero-order chi connectivity index (χ0) is 14.2. The lowest BCUT2D eigenvalue weighted by Crippen LogP contribution is -2.35. The topological polar surface area (TPSA) is 12.0 Å². The highest BCUT2D eigenvalue weighted by atomic mass is 14.9. The molecule has 21 heavy (non-hydrogen) atoms. The lowest BCUT2D eigenvalue weighted by atomic mass is 9.73. The Hall–Kier alpha value is -0.820. The Kier molecular flexibility index (Phi) is 3.79. The van der Waals surface area contributed by atoms with Gasteiger partial charge in [0.25, 0.3) is 0 Å². The molecular weight excluding hydrogens is 254 g/mol. The second-order valence-electron chi connectivity index (χ2n) is 7.76. The largest absolute Gasteiger partial charge is 0.314 e. The average Bonchev–Trinajstić information content (AvgIpc) is 3.07. The van der Waals surface area contributed by atoms with Crippen molar-refractivity contribution < 1.29 is 0 Å². The number of rotatable bonds is 6. The van der Waals surface area contributed by atoms with Gasteiger partial charge in [0.2, 0.25) is 0 Å². The van der Waals surface area contributed by atoms with E-state index in [0.717, 1.165) is 36.3 Å². The summed E-state index contributed by atoms with van der Waals surface area (Å²) in [7, 11) is 0. The summed E-state index contributed by atoms with van der Waals surface area (Å²) >= 11 is 0. The first-order valence-corrected chi connectivity index (χ1v) is 9.14. The maximum atomic E-state index is 3.80. The van der Waals surface area contributed by atoms with Crippen molar-refractivity contribution in [3.8, 4) is 0 Å². The molecule has 0 amide bonds. The van der Waals surface area contributed by atoms with E-state index in [1.807, 2.05) is 0 Å². The van der Waals surface area contributed by atoms with Gasteiger partial charge in [-0.2, -0.15) is 0 Å². The fourth-order valence-electron chi connectivity index (χ4n) is 5.50. The molecule has 0 aromatic heterocycles. The summed E-state index contributed by atoms with van der Waals surface area (Å²) < 4.78 is 0. The Morgan fingerprint density at radius 3 is 2.76 bits per heavy atom. The maximum absolute atomic E-state index is 3.80. The summed E-state index contributed by atoms with van der Waals surface area (Å²) in [5.74, 6) is 4.02. The number of fused-ring (bicyclic) bond motifs is 3. The first-order valence-electron chi connectivity index (χ1n) is 9.14. The Morgan fingerprint density at radius 1 is 1.14 bits per heavy atom. The van der Waals surface area contributed by atoms with Crippen molar-refractivity contribution in [1.82, 2.24) is 5.32 Å². The third kappa shape index (κ3) is 2.65. The van der Waals surface area contributed by atoms with Gasteiger partial charge < -0.3 is 5.32 Å². The van der Waals surface area contributed by atoms with Crippen LogP contribution in [0, 0.1) is 17.8 Å². The molecule has 3 aliphatic rings. The van der Waals surface area contributed by atoms with Crippen LogP contribution in [0.5, 0.6) is 0 Å². The quantitative estimate of drug-likeness (QED) is 0.809. The molecule has 3 aliphatic carbocycles. The molecule has 4 rings (SSSR count). The predicted molar refractivity (Wildman–Crippen MR) is 88.5 cm³/mol. The highest BCUT2D eigenvalue weighted by Gasteiger charge is 2.40. The lowest BCUT2D eigenvalue weighted by molar-refractivity contribution is 0.264. The first-order chi connectivity index (χ1) is 10.3. The van der Waals surface area contributed by atoms with Crippen molar-refractivity contribution in [3.63, 3.8) is 0 Å². The van der Waals surface area contributed by atoms with Gasteiger partial charge in [-0.1, -0.05) is 37.6 Å². The summed E-state index contributed by atoms with van der Waals surface area (Å²) in [5, 5.41) is 3.80. The third-order valence-corrected chi connectivity index (χ3v) is 6.49. The van der Waals surface area contributed by atoms with Gasteiger partial charge in [-0.25, -0.2) is 0 Å². The van der Waals surface area contributed by atoms with Gasteiger partial charge in [0.05, 0.1) is 0 Å². The molecule has 1 aromatic carbocycles. The first kappa shape index (κ1) is 13.8. The van der Waals surface area contributed by atoms with E-state index in [-0.39, 0.29) is 0 Å². The van der Waals surface area contributed by atoms with Crippen LogP contribution in [0.2, 0.25) is 0 Å². The molecule has 0 radical (unpaired) electrons. The number of hydrogen-bond acceptors (Lipinski definition) is 1. The fraction of sp³-hybridized carbons (Fsp3) is 0.700. The van der Waals surface area contributed by atoms with E-state index in [2.05, 4.69) is 36.5 Å². The molecule has 0 spiro atoms. The van der Waals surface area contributed by atoms with Crippen LogP contribution in [0.3, 0.4) is 0 Å². The van der Waals surface area contributed by atoms with Crippen molar-refractivity contribution >= 4 is 0 Å². The Morgan fingerprint density at radius 2 is 2.05 bits per heavy atom. The van der Waals surface area contributed by atoms with Crippen LogP contribution >= 0.6 is 0 Å². The number of nitrogens with one attached hydrogen (secondary N) is 1. The Balaban J connectivity index is 1.37. The molecule has 1 N–H and O–H groups in total. The molecule has 1 nitrogen and oxygen atoms in total. The summed E-state index contributed by atoms with van der Waals surface area (Å²) in [6.07, 6.45) is 10.3. The summed E-state index contributed by atoms with van der Waals surface area (Å²) in [5.41, 5.74) is 3.23. The molecule has 2 saturated carbocycles. The molecule has 0 aliphatic heterocycles. The summed E-state index contributed by atoms with van der Waals surface area (Å²) in [6.45, 7) is 3.39. The molecule has 1 aromatic rings. The minimum Gasteiger partial charge on any atom is -0.314 e. The standard InChI is InChI=1S/C20H29N/c1-2-21-19(12-17-10-14-7-8-15(17)9-14)13-18-11-16-5-3-4-6-20(16)18/h3-6,14-15,17-19,21H,2,7-13H2,1H3. The molecule has 5 unspecified atom stereocenters. The molecule has 2 fully saturated rings. The van der Waals surface area contributed by atoms with Gasteiger partial charge in [0, 0.05) is 6.04 Å². The van der Waals surface area contributed by atoms with Crippen LogP contribution in [0.1, 0.15) is 62.5 Å². The monoisotopic (exact) mass is 283 g/mol. The molecular formula is C20H29N. The number of hydrogen-bond donors (Lipinski definition) is 1. The fourth-order valence-corrected chi connectivity index (χ4v) is 5.50. The molecule has 0 heterocycles. The maximum Gasteiger partial charge on any atom is 0.00756 e. The minimum absolute atomic E-state index is 0.748. The van der Waals surface area contributed by atoms with Crippen molar-refractivity contribution in [2.45, 2.75) is 63.8 Å². The van der Waals surface area contributed by atoms with Crippen LogP contribution in [0.4, 0.5) is 0 Å². The Bertz CT molecular complexity index is 494. The highest BCUT2D eigenvalue weighted by molar-refractivity contribution is 5.39. The zero-order valence-electron chi connectivity index (χ0n) is 13.4. The van der Waals surface area contributed by atoms with Gasteiger partial charge in [-0.15, -0.1) is 0 Å². The summed E-state index contributed by atoms with van der Waals surface area (Å²) in [4.78, 5) is 0. The van der Waals surface area contributed by atoms with Crippen molar-refractivity contribution in [1.29, 1.82) is 0 Å². The van der Waals surface area contributed by atoms with E-state index in [9.17, 15) is 0 Å². The molecule has 2 bridgehead atoms. The molecule has 114 valence electrons. The molecule has 1 heteroatoms. The van der Waals surface area contributed by atoms with Gasteiger partial charge in [-0.05, 0) is 79.9 Å². The third-order valence-electron chi connectivity index (χ3n) is 6.49. The van der Waals surface area contributed by atoms with Gasteiger partial charge in [-0.3, -0.25) is 0 Å². The van der Waals surface area contributed by atoms with Crippen molar-refractivity contribution in [2.24, 2.45) is 17.8 Å². The Labute approximate surface area is 129 Å². The second-order valence-corrected chi connectivity index (χ2v) is 7.76. The van der Waals surface area contributed by atoms with Gasteiger partial charge in [0.15, 0.2) is 0 Å². The normalized spacial score (nSPS) is 34.5. The van der Waals surface area contributed by atoms with E-state index in [0.29, 0.717) is 0 Å². The average molecular weight is 283 g/mol. The SMILES string of the molecule is CCNC(CC1Cc2ccccc21)CC1CC2CCC1C2. The van der Waals surface area contributed by atoms with Crippen molar-refractivity contribution in [2.75, 3.05) is 6.54 Å². The van der Waals surface area contributed by atoms with E-state index in [4.69, 9.17) is 0 Å². The van der Waals surface area contributed by atoms with Crippen LogP contribution in [0.15, 0.2) is 24.3 Å². The van der Waals surface area contributed by atoms with Gasteiger partial charge >= 0.3 is 0 Å². The van der Waals surface area contributed by atoms with Crippen LogP contribution in [-0.2, 0) is 6.42 Å². The smallest absolute Gasteiger partial charge is 0.00756 e. The second kappa shape index (κ2) is 5.76. The van der Waals surface area contributed by atoms with Crippen LogP contribution in [0.25, 0.3) is 0 Å². The minimum atomic E-state index is 0.748. The number of benzene rings is 1. The lowest BCUT2D eigenvalue weighted by Gasteiger charge is -2.35. The highest BCUT2D eigenvalue weighted by Crippen LogP contribution is 2.50. The van der Waals surface area contributed by atoms with E-state index in [1.165, 1.54) is 38.5 Å².